The minimum Gasteiger partial charge on any atom is -0.121 e. The van der Waals surface area contributed by atoms with Gasteiger partial charge in [0.2, 0.25) is 0 Å². The predicted octanol–water partition coefficient (Wildman–Crippen LogP) is 5.88. The first-order valence-electron chi connectivity index (χ1n) is 8.42. The van der Waals surface area contributed by atoms with E-state index in [0.717, 1.165) is 23.7 Å². The molecule has 1 aliphatic heterocycles. The zero-order valence-electron chi connectivity index (χ0n) is 13.6. The van der Waals surface area contributed by atoms with E-state index in [4.69, 9.17) is 0 Å². The molecule has 0 nitrogen and oxygen atoms in total. The number of rotatable bonds is 1. The van der Waals surface area contributed by atoms with Gasteiger partial charge in [-0.25, -0.2) is 0 Å². The molecule has 1 heterocycles. The number of hydrogen-bond acceptors (Lipinski definition) is 1. The van der Waals surface area contributed by atoms with Gasteiger partial charge in [0, 0.05) is 10.6 Å². The standard InChI is InChI=1S/C20H26S/c1-12-9-14-10-16(20(14,3)4)19(12)18-13(2)11-21-17-8-6-5-7-15(17)18/h5-8,12,14,16,19H,9-11H2,1-4H3/t12?,14-,16-,19?/m1/s1. The summed E-state index contributed by atoms with van der Waals surface area (Å²) in [7, 11) is 0. The highest BCUT2D eigenvalue weighted by atomic mass is 32.2. The Bertz CT molecular complexity index is 610. The molecular formula is C20H26S. The lowest BCUT2D eigenvalue weighted by atomic mass is 9.42. The summed E-state index contributed by atoms with van der Waals surface area (Å²) in [5, 5.41) is 0. The minimum atomic E-state index is 0.560. The fourth-order valence-corrected chi connectivity index (χ4v) is 6.35. The van der Waals surface area contributed by atoms with Crippen molar-refractivity contribution in [2.24, 2.45) is 29.1 Å². The maximum Gasteiger partial charge on any atom is 0.0194 e. The molecular weight excluding hydrogens is 272 g/mol. The van der Waals surface area contributed by atoms with Crippen LogP contribution in [0.1, 0.15) is 46.1 Å². The van der Waals surface area contributed by atoms with Gasteiger partial charge in [0.25, 0.3) is 0 Å². The van der Waals surface area contributed by atoms with Gasteiger partial charge < -0.3 is 0 Å². The summed E-state index contributed by atoms with van der Waals surface area (Å²) in [6.07, 6.45) is 2.90. The van der Waals surface area contributed by atoms with E-state index in [9.17, 15) is 0 Å². The van der Waals surface area contributed by atoms with Crippen LogP contribution in [0.2, 0.25) is 0 Å². The van der Waals surface area contributed by atoms with Crippen molar-refractivity contribution in [2.75, 3.05) is 5.75 Å². The normalized spacial score (nSPS) is 37.0. The molecule has 1 heteroatoms. The first-order valence-corrected chi connectivity index (χ1v) is 9.40. The van der Waals surface area contributed by atoms with Crippen LogP contribution in [0.4, 0.5) is 0 Å². The summed E-state index contributed by atoms with van der Waals surface area (Å²) < 4.78 is 0. The van der Waals surface area contributed by atoms with Gasteiger partial charge in [-0.2, -0.15) is 0 Å². The van der Waals surface area contributed by atoms with E-state index in [1.54, 1.807) is 16.7 Å². The molecule has 5 rings (SSSR count). The highest BCUT2D eigenvalue weighted by Gasteiger charge is 2.57. The predicted molar refractivity (Wildman–Crippen MR) is 92.4 cm³/mol. The summed E-state index contributed by atoms with van der Waals surface area (Å²) in [5.41, 5.74) is 5.46. The Morgan fingerprint density at radius 3 is 2.67 bits per heavy atom. The molecule has 2 unspecified atom stereocenters. The first kappa shape index (κ1) is 13.9. The monoisotopic (exact) mass is 298 g/mol. The van der Waals surface area contributed by atoms with Gasteiger partial charge in [-0.15, -0.1) is 11.8 Å². The van der Waals surface area contributed by atoms with E-state index in [2.05, 4.69) is 52.0 Å². The van der Waals surface area contributed by atoms with Crippen molar-refractivity contribution in [3.8, 4) is 0 Å². The van der Waals surface area contributed by atoms with E-state index >= 15 is 0 Å². The summed E-state index contributed by atoms with van der Waals surface area (Å²) >= 11 is 2.02. The third-order valence-corrected chi connectivity index (χ3v) is 7.91. The SMILES string of the molecule is CC1=C(C2C(C)C[C@@H]3C[C@H]2C3(C)C)c2ccccc2SC1. The lowest BCUT2D eigenvalue weighted by Gasteiger charge is -2.63. The van der Waals surface area contributed by atoms with Crippen LogP contribution in [0.15, 0.2) is 34.7 Å². The molecule has 4 atom stereocenters. The number of thioether (sulfide) groups is 1. The first-order chi connectivity index (χ1) is 10.00. The van der Waals surface area contributed by atoms with Crippen LogP contribution in [-0.4, -0.2) is 5.75 Å². The second-order valence-electron chi connectivity index (χ2n) is 8.08. The molecule has 112 valence electrons. The van der Waals surface area contributed by atoms with Crippen LogP contribution in [-0.2, 0) is 0 Å². The Hall–Kier alpha value is -0.690. The van der Waals surface area contributed by atoms with E-state index in [0.29, 0.717) is 5.41 Å². The van der Waals surface area contributed by atoms with E-state index < -0.39 is 0 Å². The number of allylic oxidation sites excluding steroid dienone is 1. The zero-order chi connectivity index (χ0) is 14.8. The molecule has 0 saturated heterocycles. The highest BCUT2D eigenvalue weighted by Crippen LogP contribution is 2.66. The van der Waals surface area contributed by atoms with Crippen LogP contribution >= 0.6 is 11.8 Å². The summed E-state index contributed by atoms with van der Waals surface area (Å²) in [5.74, 6) is 4.69. The number of hydrogen-bond donors (Lipinski definition) is 0. The molecule has 1 aromatic carbocycles. The summed E-state index contributed by atoms with van der Waals surface area (Å²) in [6.45, 7) is 9.92. The lowest BCUT2D eigenvalue weighted by Crippen LogP contribution is -2.55. The highest BCUT2D eigenvalue weighted by molar-refractivity contribution is 7.99. The third-order valence-electron chi connectivity index (χ3n) is 6.66. The zero-order valence-corrected chi connectivity index (χ0v) is 14.5. The van der Waals surface area contributed by atoms with Crippen molar-refractivity contribution < 1.29 is 0 Å². The smallest absolute Gasteiger partial charge is 0.0194 e. The van der Waals surface area contributed by atoms with Crippen molar-refractivity contribution in [3.05, 3.63) is 35.4 Å². The van der Waals surface area contributed by atoms with E-state index in [1.807, 2.05) is 11.8 Å². The Morgan fingerprint density at radius 1 is 1.14 bits per heavy atom. The van der Waals surface area contributed by atoms with Crippen molar-refractivity contribution in [1.82, 2.24) is 0 Å². The molecule has 21 heavy (non-hydrogen) atoms. The van der Waals surface area contributed by atoms with Gasteiger partial charge in [0.15, 0.2) is 0 Å². The molecule has 3 saturated carbocycles. The van der Waals surface area contributed by atoms with Crippen molar-refractivity contribution in [2.45, 2.75) is 45.4 Å². The second kappa shape index (κ2) is 4.65. The number of fused-ring (bicyclic) bond motifs is 3. The van der Waals surface area contributed by atoms with Gasteiger partial charge in [-0.05, 0) is 66.1 Å². The second-order valence-corrected chi connectivity index (χ2v) is 9.10. The molecule has 0 spiro atoms. The van der Waals surface area contributed by atoms with Gasteiger partial charge in [-0.3, -0.25) is 0 Å². The van der Waals surface area contributed by atoms with Gasteiger partial charge in [-0.1, -0.05) is 44.5 Å². The van der Waals surface area contributed by atoms with Crippen molar-refractivity contribution in [1.29, 1.82) is 0 Å². The van der Waals surface area contributed by atoms with Gasteiger partial charge in [0.05, 0.1) is 0 Å². The fourth-order valence-electron chi connectivity index (χ4n) is 5.32. The number of benzene rings is 1. The average Bonchev–Trinajstić information content (AvgIpc) is 2.47. The van der Waals surface area contributed by atoms with E-state index in [-0.39, 0.29) is 0 Å². The molecule has 4 aliphatic rings. The Balaban J connectivity index is 1.81. The molecule has 0 N–H and O–H groups in total. The van der Waals surface area contributed by atoms with E-state index in [1.165, 1.54) is 23.5 Å². The topological polar surface area (TPSA) is 0 Å². The lowest BCUT2D eigenvalue weighted by molar-refractivity contribution is -0.112. The quantitative estimate of drug-likeness (QED) is 0.623. The maximum atomic E-state index is 2.52. The van der Waals surface area contributed by atoms with Crippen molar-refractivity contribution >= 4 is 17.3 Å². The molecule has 0 amide bonds. The van der Waals surface area contributed by atoms with Crippen LogP contribution in [0.5, 0.6) is 0 Å². The Labute approximate surface area is 133 Å². The molecule has 1 aromatic rings. The Morgan fingerprint density at radius 2 is 1.90 bits per heavy atom. The molecule has 0 radical (unpaired) electrons. The van der Waals surface area contributed by atoms with Crippen LogP contribution in [0.25, 0.3) is 5.57 Å². The summed E-state index contributed by atoms with van der Waals surface area (Å²) in [4.78, 5) is 1.50. The fraction of sp³-hybridized carbons (Fsp3) is 0.600. The Kier molecular flexibility index (Phi) is 3.09. The van der Waals surface area contributed by atoms with Crippen LogP contribution < -0.4 is 0 Å². The van der Waals surface area contributed by atoms with Crippen molar-refractivity contribution in [3.63, 3.8) is 0 Å². The van der Waals surface area contributed by atoms with Gasteiger partial charge in [0.1, 0.15) is 0 Å². The third kappa shape index (κ3) is 1.89. The van der Waals surface area contributed by atoms with Crippen LogP contribution in [0.3, 0.4) is 0 Å². The maximum absolute atomic E-state index is 2.52. The van der Waals surface area contributed by atoms with Gasteiger partial charge >= 0.3 is 0 Å². The van der Waals surface area contributed by atoms with Crippen LogP contribution in [0, 0.1) is 29.1 Å². The molecule has 2 bridgehead atoms. The molecule has 3 aliphatic carbocycles. The molecule has 0 aromatic heterocycles. The minimum absolute atomic E-state index is 0.560. The molecule has 3 fully saturated rings. The summed E-state index contributed by atoms with van der Waals surface area (Å²) in [6, 6.07) is 9.09. The average molecular weight is 298 g/mol. The largest absolute Gasteiger partial charge is 0.121 e.